The summed E-state index contributed by atoms with van der Waals surface area (Å²) in [7, 11) is 0. The Bertz CT molecular complexity index is 575. The van der Waals surface area contributed by atoms with Crippen molar-refractivity contribution in [2.45, 2.75) is 12.5 Å². The second kappa shape index (κ2) is 4.39. The molecule has 1 amide bonds. The van der Waals surface area contributed by atoms with Crippen LogP contribution >= 0.6 is 23.2 Å². The second-order valence-electron chi connectivity index (χ2n) is 5.02. The molecule has 3 atom stereocenters. The summed E-state index contributed by atoms with van der Waals surface area (Å²) in [5.41, 5.74) is 0.304. The monoisotopic (exact) mass is 299 g/mol. The van der Waals surface area contributed by atoms with Crippen molar-refractivity contribution in [2.75, 3.05) is 6.54 Å². The van der Waals surface area contributed by atoms with Crippen LogP contribution in [0.25, 0.3) is 0 Å². The van der Waals surface area contributed by atoms with Crippen molar-refractivity contribution < 1.29 is 14.7 Å². The normalized spacial score (nSPS) is 28.1. The molecule has 0 aromatic heterocycles. The van der Waals surface area contributed by atoms with E-state index < -0.39 is 12.0 Å². The summed E-state index contributed by atoms with van der Waals surface area (Å²) in [6, 6.07) is 3.88. The van der Waals surface area contributed by atoms with Gasteiger partial charge in [0.15, 0.2) is 0 Å². The standard InChI is InChI=1S/C13H11Cl2NO3/c14-7-1-2-8(10(15)4-7)12(17)16-5-6-3-9(6)11(16)13(18)19/h1-2,4,6,9,11H,3,5H2,(H,18,19)/t6-,9-,11+/m0/s1. The van der Waals surface area contributed by atoms with Gasteiger partial charge >= 0.3 is 5.97 Å². The Morgan fingerprint density at radius 2 is 2.05 bits per heavy atom. The fourth-order valence-electron chi connectivity index (χ4n) is 2.81. The third-order valence-electron chi connectivity index (χ3n) is 3.83. The van der Waals surface area contributed by atoms with Crippen LogP contribution in [0.4, 0.5) is 0 Å². The van der Waals surface area contributed by atoms with E-state index in [4.69, 9.17) is 23.2 Å². The minimum Gasteiger partial charge on any atom is -0.480 e. The lowest BCUT2D eigenvalue weighted by Crippen LogP contribution is -2.43. The summed E-state index contributed by atoms with van der Waals surface area (Å²) >= 11 is 11.8. The maximum atomic E-state index is 12.4. The Kier molecular flexibility index (Phi) is 2.95. The summed E-state index contributed by atoms with van der Waals surface area (Å²) in [6.45, 7) is 0.499. The van der Waals surface area contributed by atoms with Gasteiger partial charge in [0.05, 0.1) is 10.6 Å². The van der Waals surface area contributed by atoms with Crippen LogP contribution < -0.4 is 0 Å². The van der Waals surface area contributed by atoms with Gasteiger partial charge in [-0.2, -0.15) is 0 Å². The molecule has 19 heavy (non-hydrogen) atoms. The number of amides is 1. The van der Waals surface area contributed by atoms with E-state index in [1.54, 1.807) is 6.07 Å². The Hall–Kier alpha value is -1.26. The molecule has 1 aromatic rings. The van der Waals surface area contributed by atoms with Crippen LogP contribution in [0.2, 0.25) is 10.0 Å². The molecule has 2 fully saturated rings. The number of halogens is 2. The fraction of sp³-hybridized carbons (Fsp3) is 0.385. The van der Waals surface area contributed by atoms with E-state index in [0.717, 1.165) is 6.42 Å². The van der Waals surface area contributed by atoms with E-state index >= 15 is 0 Å². The maximum absolute atomic E-state index is 12.4. The minimum absolute atomic E-state index is 0.104. The Morgan fingerprint density at radius 3 is 2.68 bits per heavy atom. The Balaban J connectivity index is 1.89. The summed E-state index contributed by atoms with van der Waals surface area (Å²) in [5, 5.41) is 9.94. The van der Waals surface area contributed by atoms with Crippen molar-refractivity contribution in [1.29, 1.82) is 0 Å². The molecule has 100 valence electrons. The van der Waals surface area contributed by atoms with Gasteiger partial charge in [-0.3, -0.25) is 4.79 Å². The van der Waals surface area contributed by atoms with Gasteiger partial charge in [-0.15, -0.1) is 0 Å². The van der Waals surface area contributed by atoms with Gasteiger partial charge in [0.1, 0.15) is 6.04 Å². The van der Waals surface area contributed by atoms with Crippen molar-refractivity contribution in [3.63, 3.8) is 0 Å². The Labute approximate surface area is 119 Å². The molecule has 2 aliphatic rings. The highest BCUT2D eigenvalue weighted by Crippen LogP contribution is 2.50. The van der Waals surface area contributed by atoms with Gasteiger partial charge in [0, 0.05) is 11.6 Å². The SMILES string of the molecule is O=C(O)[C@H]1[C@H]2C[C@H]2CN1C(=O)c1ccc(Cl)cc1Cl. The molecule has 1 heterocycles. The zero-order valence-electron chi connectivity index (χ0n) is 9.85. The molecule has 1 aromatic carbocycles. The number of hydrogen-bond donors (Lipinski definition) is 1. The molecule has 1 aliphatic carbocycles. The molecule has 0 unspecified atom stereocenters. The number of carboxylic acids is 1. The van der Waals surface area contributed by atoms with Gasteiger partial charge in [-0.25, -0.2) is 4.79 Å². The second-order valence-corrected chi connectivity index (χ2v) is 5.87. The van der Waals surface area contributed by atoms with Crippen LogP contribution in [0.3, 0.4) is 0 Å². The number of nitrogens with zero attached hydrogens (tertiary/aromatic N) is 1. The molecular weight excluding hydrogens is 289 g/mol. The summed E-state index contributed by atoms with van der Waals surface area (Å²) in [6.07, 6.45) is 0.898. The van der Waals surface area contributed by atoms with Crippen LogP contribution in [-0.4, -0.2) is 34.5 Å². The van der Waals surface area contributed by atoms with Crippen LogP contribution in [-0.2, 0) is 4.79 Å². The zero-order valence-corrected chi connectivity index (χ0v) is 11.4. The van der Waals surface area contributed by atoms with Gasteiger partial charge < -0.3 is 10.0 Å². The zero-order chi connectivity index (χ0) is 13.7. The lowest BCUT2D eigenvalue weighted by Gasteiger charge is -2.24. The molecule has 3 rings (SSSR count). The fourth-order valence-corrected chi connectivity index (χ4v) is 3.30. The number of aliphatic carboxylic acids is 1. The largest absolute Gasteiger partial charge is 0.480 e. The molecule has 0 bridgehead atoms. The van der Waals surface area contributed by atoms with Gasteiger partial charge in [0.25, 0.3) is 5.91 Å². The Morgan fingerprint density at radius 1 is 1.32 bits per heavy atom. The van der Waals surface area contributed by atoms with E-state index in [1.807, 2.05) is 0 Å². The molecule has 0 spiro atoms. The minimum atomic E-state index is -0.941. The number of rotatable bonds is 2. The van der Waals surface area contributed by atoms with Crippen molar-refractivity contribution >= 4 is 35.1 Å². The number of likely N-dealkylation sites (tertiary alicyclic amines) is 1. The highest BCUT2D eigenvalue weighted by Gasteiger charge is 2.57. The van der Waals surface area contributed by atoms with E-state index in [2.05, 4.69) is 0 Å². The molecule has 6 heteroatoms. The number of fused-ring (bicyclic) bond motifs is 1. The van der Waals surface area contributed by atoms with Crippen molar-refractivity contribution in [1.82, 2.24) is 4.90 Å². The lowest BCUT2D eigenvalue weighted by molar-refractivity contribution is -0.142. The van der Waals surface area contributed by atoms with Crippen molar-refractivity contribution in [2.24, 2.45) is 11.8 Å². The summed E-state index contributed by atoms with van der Waals surface area (Å²) in [4.78, 5) is 25.1. The number of carboxylic acid groups (broad SMARTS) is 1. The third kappa shape index (κ3) is 2.09. The number of carbonyl (C=O) groups excluding carboxylic acids is 1. The molecule has 0 radical (unpaired) electrons. The van der Waals surface area contributed by atoms with E-state index in [9.17, 15) is 14.7 Å². The molecule has 1 saturated heterocycles. The van der Waals surface area contributed by atoms with E-state index in [0.29, 0.717) is 23.0 Å². The average molecular weight is 300 g/mol. The van der Waals surface area contributed by atoms with Gasteiger partial charge in [-0.05, 0) is 36.5 Å². The number of carbonyl (C=O) groups is 2. The molecule has 1 saturated carbocycles. The summed E-state index contributed by atoms with van der Waals surface area (Å²) < 4.78 is 0. The highest BCUT2D eigenvalue weighted by atomic mass is 35.5. The predicted molar refractivity (Wildman–Crippen MR) is 70.5 cm³/mol. The molecular formula is C13H11Cl2NO3. The van der Waals surface area contributed by atoms with E-state index in [1.165, 1.54) is 17.0 Å². The molecule has 1 N–H and O–H groups in total. The number of piperidine rings is 1. The first-order valence-electron chi connectivity index (χ1n) is 5.98. The highest BCUT2D eigenvalue weighted by molar-refractivity contribution is 6.36. The average Bonchev–Trinajstić information content (AvgIpc) is 2.98. The predicted octanol–water partition coefficient (Wildman–Crippen LogP) is 2.54. The lowest BCUT2D eigenvalue weighted by atomic mass is 10.1. The van der Waals surface area contributed by atoms with Crippen LogP contribution in [0, 0.1) is 11.8 Å². The number of benzene rings is 1. The maximum Gasteiger partial charge on any atom is 0.326 e. The van der Waals surface area contributed by atoms with Gasteiger partial charge in [0.2, 0.25) is 0 Å². The van der Waals surface area contributed by atoms with Crippen molar-refractivity contribution in [3.05, 3.63) is 33.8 Å². The first kappa shape index (κ1) is 12.8. The summed E-state index contributed by atoms with van der Waals surface area (Å²) in [5.74, 6) is -0.839. The third-order valence-corrected chi connectivity index (χ3v) is 4.37. The van der Waals surface area contributed by atoms with Crippen LogP contribution in [0.5, 0.6) is 0 Å². The molecule has 1 aliphatic heterocycles. The van der Waals surface area contributed by atoms with Crippen molar-refractivity contribution in [3.8, 4) is 0 Å². The van der Waals surface area contributed by atoms with Crippen LogP contribution in [0.1, 0.15) is 16.8 Å². The van der Waals surface area contributed by atoms with E-state index in [-0.39, 0.29) is 16.8 Å². The quantitative estimate of drug-likeness (QED) is 0.913. The van der Waals surface area contributed by atoms with Gasteiger partial charge in [-0.1, -0.05) is 23.2 Å². The molecule has 4 nitrogen and oxygen atoms in total. The smallest absolute Gasteiger partial charge is 0.326 e. The number of hydrogen-bond acceptors (Lipinski definition) is 2. The first-order chi connectivity index (χ1) is 8.99. The van der Waals surface area contributed by atoms with Crippen LogP contribution in [0.15, 0.2) is 18.2 Å². The topological polar surface area (TPSA) is 57.6 Å². The first-order valence-corrected chi connectivity index (χ1v) is 6.73.